The number of hydrogen-bond acceptors (Lipinski definition) is 1. The molecule has 0 radical (unpaired) electrons. The third-order valence-electron chi connectivity index (χ3n) is 4.70. The van der Waals surface area contributed by atoms with E-state index in [9.17, 15) is 4.39 Å². The topological polar surface area (TPSA) is 12.0 Å². The van der Waals surface area contributed by atoms with Crippen molar-refractivity contribution >= 4 is 0 Å². The summed E-state index contributed by atoms with van der Waals surface area (Å²) in [6.07, 6.45) is 4.98. The Labute approximate surface area is 123 Å². The van der Waals surface area contributed by atoms with Crippen LogP contribution in [0.15, 0.2) is 24.3 Å². The van der Waals surface area contributed by atoms with Crippen LogP contribution in [0.3, 0.4) is 0 Å². The summed E-state index contributed by atoms with van der Waals surface area (Å²) in [7, 11) is 0. The predicted molar refractivity (Wildman–Crippen MR) is 83.4 cm³/mol. The maximum absolute atomic E-state index is 13.2. The van der Waals surface area contributed by atoms with E-state index in [1.165, 1.54) is 31.2 Å². The van der Waals surface area contributed by atoms with Gasteiger partial charge in [0.1, 0.15) is 5.82 Å². The summed E-state index contributed by atoms with van der Waals surface area (Å²) >= 11 is 0. The lowest BCUT2D eigenvalue weighted by atomic mass is 9.67. The van der Waals surface area contributed by atoms with Crippen LogP contribution < -0.4 is 5.32 Å². The van der Waals surface area contributed by atoms with Crippen molar-refractivity contribution in [3.05, 3.63) is 35.6 Å². The second kappa shape index (κ2) is 6.71. The number of benzene rings is 1. The van der Waals surface area contributed by atoms with Gasteiger partial charge in [-0.25, -0.2) is 4.39 Å². The Hall–Kier alpha value is -0.890. The zero-order valence-electron chi connectivity index (χ0n) is 13.1. The van der Waals surface area contributed by atoms with Gasteiger partial charge in [-0.2, -0.15) is 0 Å². The predicted octanol–water partition coefficient (Wildman–Crippen LogP) is 4.52. The molecule has 0 unspecified atom stereocenters. The molecule has 2 heteroatoms. The lowest BCUT2D eigenvalue weighted by Gasteiger charge is -2.40. The highest BCUT2D eigenvalue weighted by atomic mass is 19.1. The molecule has 0 aromatic heterocycles. The molecule has 1 aromatic carbocycles. The van der Waals surface area contributed by atoms with Crippen molar-refractivity contribution in [1.29, 1.82) is 0 Å². The molecule has 1 aromatic rings. The van der Waals surface area contributed by atoms with Gasteiger partial charge in [0.15, 0.2) is 0 Å². The minimum absolute atomic E-state index is 0.136. The summed E-state index contributed by atoms with van der Waals surface area (Å²) < 4.78 is 13.2. The number of rotatable bonds is 5. The van der Waals surface area contributed by atoms with Crippen LogP contribution in [0.5, 0.6) is 0 Å². The third-order valence-corrected chi connectivity index (χ3v) is 4.70. The fourth-order valence-corrected chi connectivity index (χ4v) is 3.29. The third kappa shape index (κ3) is 3.82. The van der Waals surface area contributed by atoms with E-state index in [0.29, 0.717) is 5.92 Å². The fourth-order valence-electron chi connectivity index (χ4n) is 3.29. The smallest absolute Gasteiger partial charge is 0.123 e. The van der Waals surface area contributed by atoms with Crippen molar-refractivity contribution in [3.63, 3.8) is 0 Å². The summed E-state index contributed by atoms with van der Waals surface area (Å²) in [6, 6.07) is 7.19. The lowest BCUT2D eigenvalue weighted by Crippen LogP contribution is -2.42. The normalized spacial score (nSPS) is 26.9. The van der Waals surface area contributed by atoms with Crippen molar-refractivity contribution in [3.8, 4) is 0 Å². The SMILES string of the molecule is CC(C)CNCC1(c2ccc(F)cc2)CCC(C)CC1. The molecule has 1 N–H and O–H groups in total. The van der Waals surface area contributed by atoms with E-state index in [1.54, 1.807) is 12.1 Å². The Morgan fingerprint density at radius 2 is 1.80 bits per heavy atom. The van der Waals surface area contributed by atoms with E-state index in [4.69, 9.17) is 0 Å². The molecule has 1 saturated carbocycles. The zero-order valence-corrected chi connectivity index (χ0v) is 13.1. The van der Waals surface area contributed by atoms with Crippen LogP contribution in [-0.2, 0) is 5.41 Å². The zero-order chi connectivity index (χ0) is 14.6. The monoisotopic (exact) mass is 277 g/mol. The minimum Gasteiger partial charge on any atom is -0.316 e. The first-order valence-corrected chi connectivity index (χ1v) is 7.98. The van der Waals surface area contributed by atoms with Crippen molar-refractivity contribution in [2.45, 2.75) is 51.9 Å². The summed E-state index contributed by atoms with van der Waals surface area (Å²) in [5.41, 5.74) is 1.51. The van der Waals surface area contributed by atoms with Crippen LogP contribution in [0, 0.1) is 17.7 Å². The van der Waals surface area contributed by atoms with Gasteiger partial charge in [-0.05, 0) is 61.8 Å². The summed E-state index contributed by atoms with van der Waals surface area (Å²) in [5, 5.41) is 3.63. The van der Waals surface area contributed by atoms with Gasteiger partial charge in [0.25, 0.3) is 0 Å². The van der Waals surface area contributed by atoms with Crippen molar-refractivity contribution in [2.24, 2.45) is 11.8 Å². The van der Waals surface area contributed by atoms with Crippen molar-refractivity contribution in [1.82, 2.24) is 5.32 Å². The average Bonchev–Trinajstić information content (AvgIpc) is 2.42. The average molecular weight is 277 g/mol. The van der Waals surface area contributed by atoms with E-state index < -0.39 is 0 Å². The maximum Gasteiger partial charge on any atom is 0.123 e. The largest absolute Gasteiger partial charge is 0.316 e. The summed E-state index contributed by atoms with van der Waals surface area (Å²) in [6.45, 7) is 8.89. The van der Waals surface area contributed by atoms with Gasteiger partial charge in [-0.3, -0.25) is 0 Å². The number of hydrogen-bond donors (Lipinski definition) is 1. The van der Waals surface area contributed by atoms with Crippen LogP contribution in [0.25, 0.3) is 0 Å². The fraction of sp³-hybridized carbons (Fsp3) is 0.667. The molecule has 1 aliphatic carbocycles. The van der Waals surface area contributed by atoms with Gasteiger partial charge in [-0.15, -0.1) is 0 Å². The Balaban J connectivity index is 2.13. The van der Waals surface area contributed by atoms with E-state index in [1.807, 2.05) is 12.1 Å². The van der Waals surface area contributed by atoms with Gasteiger partial charge in [0, 0.05) is 12.0 Å². The van der Waals surface area contributed by atoms with Gasteiger partial charge in [-0.1, -0.05) is 32.9 Å². The Morgan fingerprint density at radius 1 is 1.20 bits per heavy atom. The van der Waals surface area contributed by atoms with Crippen LogP contribution in [0.1, 0.15) is 52.0 Å². The molecule has 0 heterocycles. The van der Waals surface area contributed by atoms with Crippen molar-refractivity contribution in [2.75, 3.05) is 13.1 Å². The van der Waals surface area contributed by atoms with Crippen LogP contribution in [0.4, 0.5) is 4.39 Å². The summed E-state index contributed by atoms with van der Waals surface area (Å²) in [5.74, 6) is 1.36. The molecule has 0 saturated heterocycles. The molecule has 0 amide bonds. The molecule has 112 valence electrons. The molecule has 1 fully saturated rings. The van der Waals surface area contributed by atoms with Gasteiger partial charge >= 0.3 is 0 Å². The van der Waals surface area contributed by atoms with Gasteiger partial charge in [0.2, 0.25) is 0 Å². The first kappa shape index (κ1) is 15.5. The Kier molecular flexibility index (Phi) is 5.20. The molecule has 1 nitrogen and oxygen atoms in total. The van der Waals surface area contributed by atoms with Crippen LogP contribution >= 0.6 is 0 Å². The quantitative estimate of drug-likeness (QED) is 0.834. The van der Waals surface area contributed by atoms with Crippen molar-refractivity contribution < 1.29 is 4.39 Å². The summed E-state index contributed by atoms with van der Waals surface area (Å²) in [4.78, 5) is 0. The van der Waals surface area contributed by atoms with Crippen LogP contribution in [-0.4, -0.2) is 13.1 Å². The molecule has 0 aliphatic heterocycles. The molecule has 20 heavy (non-hydrogen) atoms. The second-order valence-corrected chi connectivity index (χ2v) is 6.99. The highest BCUT2D eigenvalue weighted by Crippen LogP contribution is 2.41. The van der Waals surface area contributed by atoms with E-state index in [0.717, 1.165) is 19.0 Å². The van der Waals surface area contributed by atoms with E-state index >= 15 is 0 Å². The molecular weight excluding hydrogens is 249 g/mol. The highest BCUT2D eigenvalue weighted by Gasteiger charge is 2.35. The first-order valence-electron chi connectivity index (χ1n) is 7.98. The number of nitrogens with one attached hydrogen (secondary N) is 1. The molecule has 0 atom stereocenters. The number of halogens is 1. The van der Waals surface area contributed by atoms with E-state index in [2.05, 4.69) is 26.1 Å². The second-order valence-electron chi connectivity index (χ2n) is 6.99. The molecule has 0 bridgehead atoms. The molecule has 2 rings (SSSR count). The van der Waals surface area contributed by atoms with Gasteiger partial charge < -0.3 is 5.32 Å². The standard InChI is InChI=1S/C18H28FN/c1-14(2)12-20-13-18(10-8-15(3)9-11-18)16-4-6-17(19)7-5-16/h4-7,14-15,20H,8-13H2,1-3H3. The maximum atomic E-state index is 13.2. The van der Waals surface area contributed by atoms with E-state index in [-0.39, 0.29) is 11.2 Å². The highest BCUT2D eigenvalue weighted by molar-refractivity contribution is 5.27. The van der Waals surface area contributed by atoms with Crippen LogP contribution in [0.2, 0.25) is 0 Å². The molecular formula is C18H28FN. The Bertz CT molecular complexity index is 402. The minimum atomic E-state index is -0.136. The lowest BCUT2D eigenvalue weighted by molar-refractivity contribution is 0.231. The van der Waals surface area contributed by atoms with Gasteiger partial charge in [0.05, 0.1) is 0 Å². The molecule has 0 spiro atoms. The Morgan fingerprint density at radius 3 is 2.35 bits per heavy atom. The first-order chi connectivity index (χ1) is 9.52. The molecule has 1 aliphatic rings.